The molecule has 3 heterocycles. The molecule has 2 saturated heterocycles. The van der Waals surface area contributed by atoms with E-state index in [1.165, 1.54) is 12.3 Å². The van der Waals surface area contributed by atoms with Crippen LogP contribution in [0.5, 0.6) is 0 Å². The number of pyridine rings is 1. The lowest BCUT2D eigenvalue weighted by molar-refractivity contribution is -0.0661. The summed E-state index contributed by atoms with van der Waals surface area (Å²) in [4.78, 5) is 8.46. The molecule has 98 valence electrons. The van der Waals surface area contributed by atoms with Gasteiger partial charge in [-0.15, -0.1) is 0 Å². The molecule has 0 saturated carbocycles. The Hall–Kier alpha value is -1.40. The van der Waals surface area contributed by atoms with Gasteiger partial charge in [0.05, 0.1) is 31.1 Å². The summed E-state index contributed by atoms with van der Waals surface area (Å²) in [5, 5.41) is 0. The molecule has 0 atom stereocenters. The molecule has 1 aromatic heterocycles. The molecule has 0 amide bonds. The van der Waals surface area contributed by atoms with Crippen LogP contribution < -0.4 is 10.6 Å². The Labute approximate surface area is 105 Å². The van der Waals surface area contributed by atoms with Crippen LogP contribution >= 0.6 is 0 Å². The third-order valence-corrected chi connectivity index (χ3v) is 3.59. The molecule has 3 rings (SSSR count). The molecule has 2 aliphatic rings. The van der Waals surface area contributed by atoms with Gasteiger partial charge < -0.3 is 15.4 Å². The average Bonchev–Trinajstić information content (AvgIpc) is 2.28. The number of anilines is 2. The molecule has 0 spiro atoms. The monoisotopic (exact) mass is 252 g/mol. The predicted octanol–water partition coefficient (Wildman–Crippen LogP) is 0.324. The normalized spacial score (nSPS) is 21.9. The zero-order valence-electron chi connectivity index (χ0n) is 10.2. The van der Waals surface area contributed by atoms with E-state index in [1.807, 2.05) is 4.90 Å². The highest BCUT2D eigenvalue weighted by Gasteiger charge is 2.29. The minimum atomic E-state index is -0.338. The van der Waals surface area contributed by atoms with Crippen molar-refractivity contribution < 1.29 is 9.13 Å². The summed E-state index contributed by atoms with van der Waals surface area (Å²) in [6.07, 6.45) is 1.50. The Morgan fingerprint density at radius 3 is 2.56 bits per heavy atom. The zero-order chi connectivity index (χ0) is 12.5. The van der Waals surface area contributed by atoms with Gasteiger partial charge in [-0.25, -0.2) is 9.37 Å². The van der Waals surface area contributed by atoms with Crippen LogP contribution in [0.25, 0.3) is 0 Å². The van der Waals surface area contributed by atoms with Gasteiger partial charge in [0, 0.05) is 32.2 Å². The Morgan fingerprint density at radius 2 is 2.00 bits per heavy atom. The van der Waals surface area contributed by atoms with Crippen LogP contribution in [0.1, 0.15) is 0 Å². The second kappa shape index (κ2) is 4.70. The number of halogens is 1. The van der Waals surface area contributed by atoms with E-state index >= 15 is 0 Å². The molecule has 0 radical (unpaired) electrons. The van der Waals surface area contributed by atoms with Crippen LogP contribution in [0.3, 0.4) is 0 Å². The molecule has 0 bridgehead atoms. The van der Waals surface area contributed by atoms with Crippen molar-refractivity contribution in [2.24, 2.45) is 0 Å². The minimum absolute atomic E-state index is 0.338. The lowest BCUT2D eigenvalue weighted by Crippen LogP contribution is -2.56. The topological polar surface area (TPSA) is 54.6 Å². The van der Waals surface area contributed by atoms with Crippen LogP contribution in [0.15, 0.2) is 12.3 Å². The number of aromatic nitrogens is 1. The van der Waals surface area contributed by atoms with Crippen LogP contribution in [0.2, 0.25) is 0 Å². The first-order valence-electron chi connectivity index (χ1n) is 6.22. The van der Waals surface area contributed by atoms with E-state index in [0.717, 1.165) is 39.4 Å². The number of nitrogen functional groups attached to an aromatic ring is 1. The minimum Gasteiger partial charge on any atom is -0.397 e. The van der Waals surface area contributed by atoms with E-state index in [2.05, 4.69) is 9.88 Å². The SMILES string of the molecule is Nc1cnc(N2CCN(C3COC3)CC2)c(F)c1. The first kappa shape index (κ1) is 11.7. The van der Waals surface area contributed by atoms with Gasteiger partial charge in [0.25, 0.3) is 0 Å². The molecule has 1 aromatic rings. The second-order valence-corrected chi connectivity index (χ2v) is 4.79. The van der Waals surface area contributed by atoms with Gasteiger partial charge in [0.2, 0.25) is 0 Å². The van der Waals surface area contributed by atoms with Crippen molar-refractivity contribution >= 4 is 11.5 Å². The highest BCUT2D eigenvalue weighted by atomic mass is 19.1. The maximum absolute atomic E-state index is 13.8. The van der Waals surface area contributed by atoms with Gasteiger partial charge in [-0.3, -0.25) is 4.90 Å². The molecule has 2 N–H and O–H groups in total. The van der Waals surface area contributed by atoms with Crippen molar-refractivity contribution in [1.29, 1.82) is 0 Å². The number of ether oxygens (including phenoxy) is 1. The molecule has 2 aliphatic heterocycles. The van der Waals surface area contributed by atoms with Crippen molar-refractivity contribution in [2.75, 3.05) is 50.0 Å². The van der Waals surface area contributed by atoms with Crippen molar-refractivity contribution in [1.82, 2.24) is 9.88 Å². The number of hydrogen-bond acceptors (Lipinski definition) is 5. The molecule has 2 fully saturated rings. The lowest BCUT2D eigenvalue weighted by atomic mass is 10.2. The molecule has 0 unspecified atom stereocenters. The predicted molar refractivity (Wildman–Crippen MR) is 67.0 cm³/mol. The van der Waals surface area contributed by atoms with Gasteiger partial charge in [-0.2, -0.15) is 0 Å². The quantitative estimate of drug-likeness (QED) is 0.821. The first-order chi connectivity index (χ1) is 8.74. The molecule has 6 heteroatoms. The zero-order valence-corrected chi connectivity index (χ0v) is 10.2. The highest BCUT2D eigenvalue weighted by molar-refractivity contribution is 5.47. The van der Waals surface area contributed by atoms with Gasteiger partial charge in [-0.05, 0) is 0 Å². The Morgan fingerprint density at radius 1 is 1.28 bits per heavy atom. The molecule has 0 aromatic carbocycles. The smallest absolute Gasteiger partial charge is 0.167 e. The summed E-state index contributed by atoms with van der Waals surface area (Å²) in [6, 6.07) is 1.88. The number of rotatable bonds is 2. The fraction of sp³-hybridized carbons (Fsp3) is 0.583. The van der Waals surface area contributed by atoms with E-state index in [0.29, 0.717) is 17.5 Å². The molecule has 18 heavy (non-hydrogen) atoms. The summed E-state index contributed by atoms with van der Waals surface area (Å²) in [7, 11) is 0. The van der Waals surface area contributed by atoms with Gasteiger partial charge in [0.15, 0.2) is 11.6 Å². The number of hydrogen-bond donors (Lipinski definition) is 1. The average molecular weight is 252 g/mol. The standard InChI is InChI=1S/C12H17FN4O/c13-11-5-9(14)6-15-12(11)17-3-1-16(2-4-17)10-7-18-8-10/h5-6,10H,1-4,7-8,14H2. The molecule has 5 nitrogen and oxygen atoms in total. The van der Waals surface area contributed by atoms with E-state index in [1.54, 1.807) is 0 Å². The first-order valence-corrected chi connectivity index (χ1v) is 6.22. The number of nitrogens with two attached hydrogens (primary N) is 1. The third kappa shape index (κ3) is 2.13. The Kier molecular flexibility index (Phi) is 3.05. The Bertz CT molecular complexity index is 430. The fourth-order valence-electron chi connectivity index (χ4n) is 2.41. The lowest BCUT2D eigenvalue weighted by Gasteiger charge is -2.42. The van der Waals surface area contributed by atoms with E-state index in [-0.39, 0.29) is 5.82 Å². The molecular formula is C12H17FN4O. The van der Waals surface area contributed by atoms with Gasteiger partial charge in [-0.1, -0.05) is 0 Å². The van der Waals surface area contributed by atoms with Crippen LogP contribution in [0.4, 0.5) is 15.9 Å². The summed E-state index contributed by atoms with van der Waals surface area (Å²) < 4.78 is 18.9. The van der Waals surface area contributed by atoms with Crippen molar-refractivity contribution in [3.63, 3.8) is 0 Å². The summed E-state index contributed by atoms with van der Waals surface area (Å²) >= 11 is 0. The van der Waals surface area contributed by atoms with Crippen molar-refractivity contribution in [2.45, 2.75) is 6.04 Å². The number of nitrogens with zero attached hydrogens (tertiary/aromatic N) is 3. The van der Waals surface area contributed by atoms with E-state index < -0.39 is 0 Å². The van der Waals surface area contributed by atoms with Crippen LogP contribution in [0, 0.1) is 5.82 Å². The Balaban J connectivity index is 1.64. The van der Waals surface area contributed by atoms with Crippen molar-refractivity contribution in [3.05, 3.63) is 18.1 Å². The summed E-state index contributed by atoms with van der Waals surface area (Å²) in [5.74, 6) is 0.0733. The number of piperazine rings is 1. The summed E-state index contributed by atoms with van der Waals surface area (Å²) in [6.45, 7) is 5.11. The molecular weight excluding hydrogens is 235 g/mol. The maximum atomic E-state index is 13.8. The van der Waals surface area contributed by atoms with Crippen LogP contribution in [-0.4, -0.2) is 55.3 Å². The highest BCUT2D eigenvalue weighted by Crippen LogP contribution is 2.21. The maximum Gasteiger partial charge on any atom is 0.167 e. The largest absolute Gasteiger partial charge is 0.397 e. The van der Waals surface area contributed by atoms with Crippen molar-refractivity contribution in [3.8, 4) is 0 Å². The van der Waals surface area contributed by atoms with Gasteiger partial charge >= 0.3 is 0 Å². The van der Waals surface area contributed by atoms with Crippen LogP contribution in [-0.2, 0) is 4.74 Å². The van der Waals surface area contributed by atoms with E-state index in [9.17, 15) is 4.39 Å². The van der Waals surface area contributed by atoms with Gasteiger partial charge in [0.1, 0.15) is 0 Å². The third-order valence-electron chi connectivity index (χ3n) is 3.59. The van der Waals surface area contributed by atoms with E-state index in [4.69, 9.17) is 10.5 Å². The summed E-state index contributed by atoms with van der Waals surface area (Å²) in [5.41, 5.74) is 5.86. The molecule has 0 aliphatic carbocycles. The second-order valence-electron chi connectivity index (χ2n) is 4.79. The fourth-order valence-corrected chi connectivity index (χ4v) is 2.41.